The van der Waals surface area contributed by atoms with Crippen LogP contribution in [0, 0.1) is 0 Å². The van der Waals surface area contributed by atoms with Gasteiger partial charge in [0.1, 0.15) is 6.23 Å². The van der Waals surface area contributed by atoms with E-state index in [4.69, 9.17) is 22.3 Å². The standard InChI is InChI=1S/C16H43NO8SSi4/c1-17(11-13-26-22-21-19)16(18)15-20-12-10-14-30(9,25-29(6,7)8)24-27(2)23-28(3,4)5/h16,18-19,27H,10-15H2,1-9H3. The van der Waals surface area contributed by atoms with Gasteiger partial charge in [0.15, 0.2) is 16.6 Å². The summed E-state index contributed by atoms with van der Waals surface area (Å²) in [6.07, 6.45) is 0.103. The van der Waals surface area contributed by atoms with Gasteiger partial charge in [-0.25, -0.2) is 5.26 Å². The van der Waals surface area contributed by atoms with Crippen LogP contribution in [0.1, 0.15) is 6.42 Å². The van der Waals surface area contributed by atoms with Gasteiger partial charge in [0, 0.05) is 30.9 Å². The van der Waals surface area contributed by atoms with E-state index in [1.165, 1.54) is 0 Å². The topological polar surface area (TPSA) is 99.1 Å². The van der Waals surface area contributed by atoms with E-state index in [-0.39, 0.29) is 6.61 Å². The molecule has 9 nitrogen and oxygen atoms in total. The number of rotatable bonds is 18. The molecule has 0 saturated carbocycles. The first-order valence-electron chi connectivity index (χ1n) is 10.3. The SMILES string of the molecule is CN(CCSOOO)C(O)COCCC[Si](C)(O[SiH](C)O[Si](C)(C)C)O[Si](C)(C)C. The summed E-state index contributed by atoms with van der Waals surface area (Å²) in [5, 5.41) is 21.7. The van der Waals surface area contributed by atoms with E-state index in [1.54, 1.807) is 11.9 Å². The Morgan fingerprint density at radius 3 is 2.20 bits per heavy atom. The largest absolute Gasteiger partial charge is 0.439 e. The monoisotopic (exact) mass is 521 g/mol. The predicted octanol–water partition coefficient (Wildman–Crippen LogP) is 3.35. The fourth-order valence-corrected chi connectivity index (χ4v) is 18.2. The Morgan fingerprint density at radius 2 is 1.67 bits per heavy atom. The molecule has 0 aromatic carbocycles. The molecule has 0 aromatic heterocycles. The van der Waals surface area contributed by atoms with Crippen LogP contribution in [-0.2, 0) is 26.5 Å². The van der Waals surface area contributed by atoms with E-state index in [0.29, 0.717) is 18.9 Å². The predicted molar refractivity (Wildman–Crippen MR) is 131 cm³/mol. The van der Waals surface area contributed by atoms with Gasteiger partial charge >= 0.3 is 8.56 Å². The van der Waals surface area contributed by atoms with Crippen molar-refractivity contribution in [2.75, 3.05) is 32.6 Å². The molecule has 3 unspecified atom stereocenters. The van der Waals surface area contributed by atoms with Gasteiger partial charge in [0.05, 0.1) is 6.61 Å². The summed E-state index contributed by atoms with van der Waals surface area (Å²) in [6, 6.07) is 0.838. The van der Waals surface area contributed by atoms with E-state index in [1.807, 2.05) is 0 Å². The van der Waals surface area contributed by atoms with E-state index >= 15 is 0 Å². The van der Waals surface area contributed by atoms with Crippen molar-refractivity contribution in [3.63, 3.8) is 0 Å². The van der Waals surface area contributed by atoms with Crippen molar-refractivity contribution in [2.24, 2.45) is 0 Å². The molecular formula is C16H43NO8SSi4. The maximum absolute atomic E-state index is 10.1. The molecule has 0 aliphatic heterocycles. The number of aliphatic hydroxyl groups is 1. The summed E-state index contributed by atoms with van der Waals surface area (Å²) in [4.78, 5) is 1.74. The third-order valence-electron chi connectivity index (χ3n) is 3.76. The zero-order valence-corrected chi connectivity index (χ0v) is 25.1. The number of likely N-dealkylation sites (N-methyl/N-ethyl adjacent to an activating group) is 1. The van der Waals surface area contributed by atoms with Crippen LogP contribution in [-0.4, -0.2) is 88.5 Å². The second-order valence-electron chi connectivity index (χ2n) is 9.37. The first-order chi connectivity index (χ1) is 13.7. The highest BCUT2D eigenvalue weighted by molar-refractivity contribution is 7.94. The fourth-order valence-electron chi connectivity index (χ4n) is 2.85. The van der Waals surface area contributed by atoms with Crippen molar-refractivity contribution >= 4 is 46.5 Å². The Labute approximate surface area is 191 Å². The normalized spacial score (nSPS) is 17.2. The van der Waals surface area contributed by atoms with E-state index in [9.17, 15) is 5.11 Å². The summed E-state index contributed by atoms with van der Waals surface area (Å²) < 4.78 is 29.2. The molecule has 2 N–H and O–H groups in total. The highest BCUT2D eigenvalue weighted by atomic mass is 32.2. The van der Waals surface area contributed by atoms with Crippen LogP contribution in [0.25, 0.3) is 0 Å². The molecule has 0 spiro atoms. The summed E-state index contributed by atoms with van der Waals surface area (Å²) >= 11 is 0.956. The van der Waals surface area contributed by atoms with Gasteiger partial charge in [-0.3, -0.25) is 4.90 Å². The Hall–Kier alpha value is 0.858. The van der Waals surface area contributed by atoms with E-state index in [0.717, 1.165) is 24.5 Å². The Bertz CT molecular complexity index is 458. The van der Waals surface area contributed by atoms with Crippen molar-refractivity contribution < 1.29 is 36.8 Å². The maximum atomic E-state index is 10.1. The van der Waals surface area contributed by atoms with Crippen LogP contribution < -0.4 is 0 Å². The minimum atomic E-state index is -2.35. The lowest BCUT2D eigenvalue weighted by Gasteiger charge is -2.37. The molecule has 14 heteroatoms. The van der Waals surface area contributed by atoms with Gasteiger partial charge in [-0.05, 0) is 71.9 Å². The zero-order chi connectivity index (χ0) is 23.4. The van der Waals surface area contributed by atoms with Crippen LogP contribution in [0.3, 0.4) is 0 Å². The number of nitrogens with zero attached hydrogens (tertiary/aromatic N) is 1. The molecule has 0 bridgehead atoms. The molecule has 0 amide bonds. The highest BCUT2D eigenvalue weighted by Crippen LogP contribution is 2.23. The molecule has 30 heavy (non-hydrogen) atoms. The summed E-state index contributed by atoms with van der Waals surface area (Å²) in [6.45, 7) is 18.6. The number of ether oxygens (including phenoxy) is 1. The van der Waals surface area contributed by atoms with Crippen LogP contribution in [0.2, 0.25) is 58.4 Å². The van der Waals surface area contributed by atoms with Gasteiger partial charge in [0.25, 0.3) is 9.28 Å². The average molecular weight is 522 g/mol. The highest BCUT2D eigenvalue weighted by Gasteiger charge is 2.38. The summed E-state index contributed by atoms with van der Waals surface area (Å²) in [5.41, 5.74) is 0. The minimum Gasteiger partial charge on any atom is -0.439 e. The average Bonchev–Trinajstić information content (AvgIpc) is 2.54. The molecule has 0 aliphatic carbocycles. The Kier molecular flexibility index (Phi) is 15.3. The second-order valence-corrected chi connectivity index (χ2v) is 25.2. The maximum Gasteiger partial charge on any atom is 0.315 e. The van der Waals surface area contributed by atoms with Crippen molar-refractivity contribution in [2.45, 2.75) is 71.1 Å². The molecule has 3 atom stereocenters. The molecule has 0 saturated heterocycles. The lowest BCUT2D eigenvalue weighted by atomic mass is 10.5. The molecule has 0 heterocycles. The van der Waals surface area contributed by atoms with E-state index < -0.39 is 40.7 Å². The molecule has 0 aromatic rings. The van der Waals surface area contributed by atoms with Gasteiger partial charge in [-0.2, -0.15) is 0 Å². The molecule has 0 radical (unpaired) electrons. The van der Waals surface area contributed by atoms with Gasteiger partial charge in [0.2, 0.25) is 0 Å². The Morgan fingerprint density at radius 1 is 1.03 bits per heavy atom. The smallest absolute Gasteiger partial charge is 0.315 e. The van der Waals surface area contributed by atoms with Gasteiger partial charge in [-0.1, -0.05) is 5.04 Å². The molecule has 0 aliphatic rings. The lowest BCUT2D eigenvalue weighted by molar-refractivity contribution is -0.432. The number of hydrogen-bond donors (Lipinski definition) is 2. The van der Waals surface area contributed by atoms with Crippen LogP contribution in [0.5, 0.6) is 0 Å². The zero-order valence-electron chi connectivity index (χ0n) is 20.1. The van der Waals surface area contributed by atoms with Crippen molar-refractivity contribution in [1.29, 1.82) is 0 Å². The first kappa shape index (κ1) is 30.9. The Balaban J connectivity index is 4.41. The molecule has 0 rings (SSSR count). The van der Waals surface area contributed by atoms with Gasteiger partial charge in [-0.15, -0.1) is 4.33 Å². The van der Waals surface area contributed by atoms with Crippen molar-refractivity contribution in [3.05, 3.63) is 0 Å². The third-order valence-corrected chi connectivity index (χ3v) is 17.2. The van der Waals surface area contributed by atoms with Crippen LogP contribution in [0.15, 0.2) is 0 Å². The summed E-state index contributed by atoms with van der Waals surface area (Å²) in [5.74, 6) is 0.533. The van der Waals surface area contributed by atoms with Crippen LogP contribution >= 0.6 is 12.0 Å². The van der Waals surface area contributed by atoms with Crippen molar-refractivity contribution in [3.8, 4) is 0 Å². The second kappa shape index (κ2) is 14.9. The molecular weight excluding hydrogens is 479 g/mol. The summed E-state index contributed by atoms with van der Waals surface area (Å²) in [7, 11) is -5.69. The van der Waals surface area contributed by atoms with Crippen LogP contribution in [0.4, 0.5) is 0 Å². The third kappa shape index (κ3) is 17.4. The minimum absolute atomic E-state index is 0.219. The first-order valence-corrected chi connectivity index (χ1v) is 22.6. The fraction of sp³-hybridized carbons (Fsp3) is 1.00. The van der Waals surface area contributed by atoms with Gasteiger partial charge < -0.3 is 22.2 Å². The lowest BCUT2D eigenvalue weighted by Crippen LogP contribution is -2.51. The molecule has 0 fully saturated rings. The number of aliphatic hydroxyl groups excluding tert-OH is 1. The van der Waals surface area contributed by atoms with Crippen molar-refractivity contribution in [1.82, 2.24) is 4.90 Å². The van der Waals surface area contributed by atoms with E-state index in [2.05, 4.69) is 61.7 Å². The number of hydrogen-bond acceptors (Lipinski definition) is 10. The molecule has 182 valence electrons. The quantitative estimate of drug-likeness (QED) is 0.0697.